The zero-order valence-electron chi connectivity index (χ0n) is 10.9. The maximum absolute atomic E-state index is 13.3. The zero-order valence-corrected chi connectivity index (χ0v) is 10.9. The molecule has 0 spiro atoms. The number of carbonyl (C=O) groups excluding carboxylic acids is 1. The minimum atomic E-state index is -0.671. The molecule has 1 aliphatic heterocycles. The summed E-state index contributed by atoms with van der Waals surface area (Å²) in [6.45, 7) is 6.34. The van der Waals surface area contributed by atoms with Crippen LogP contribution < -0.4 is 0 Å². The van der Waals surface area contributed by atoms with E-state index in [4.69, 9.17) is 4.74 Å². The Kier molecular flexibility index (Phi) is 3.32. The van der Waals surface area contributed by atoms with Crippen LogP contribution in [-0.2, 0) is 4.74 Å². The Morgan fingerprint density at radius 3 is 2.65 bits per heavy atom. The van der Waals surface area contributed by atoms with Gasteiger partial charge >= 0.3 is 6.09 Å². The van der Waals surface area contributed by atoms with Gasteiger partial charge in [-0.1, -0.05) is 0 Å². The predicted molar refractivity (Wildman–Crippen MR) is 63.6 cm³/mol. The minimum Gasteiger partial charge on any atom is -0.444 e. The van der Waals surface area contributed by atoms with Gasteiger partial charge in [0.2, 0.25) is 0 Å². The monoisotopic (exact) mass is 243 g/mol. The van der Waals surface area contributed by atoms with Gasteiger partial charge in [0.1, 0.15) is 11.8 Å². The number of hydrogen-bond acceptors (Lipinski definition) is 2. The summed E-state index contributed by atoms with van der Waals surface area (Å²) < 4.78 is 18.7. The molecule has 3 atom stereocenters. The fraction of sp³-hybridized carbons (Fsp3) is 0.923. The average molecular weight is 243 g/mol. The molecule has 0 bridgehead atoms. The van der Waals surface area contributed by atoms with Crippen LogP contribution in [0.3, 0.4) is 0 Å². The molecule has 1 saturated heterocycles. The first-order chi connectivity index (χ1) is 7.87. The lowest BCUT2D eigenvalue weighted by atomic mass is 9.84. The minimum absolute atomic E-state index is 0.205. The van der Waals surface area contributed by atoms with Crippen LogP contribution in [0.25, 0.3) is 0 Å². The van der Waals surface area contributed by atoms with Gasteiger partial charge in [0.15, 0.2) is 0 Å². The molecule has 1 heterocycles. The first kappa shape index (κ1) is 12.7. The molecule has 3 nitrogen and oxygen atoms in total. The molecule has 0 aromatic carbocycles. The molecule has 1 aliphatic carbocycles. The number of hydrogen-bond donors (Lipinski definition) is 0. The highest BCUT2D eigenvalue weighted by atomic mass is 19.1. The van der Waals surface area contributed by atoms with E-state index in [1.54, 1.807) is 0 Å². The van der Waals surface area contributed by atoms with Crippen molar-refractivity contribution in [1.82, 2.24) is 4.90 Å². The first-order valence-corrected chi connectivity index (χ1v) is 6.50. The maximum atomic E-state index is 13.3. The number of rotatable bonds is 0. The number of alkyl halides is 1. The van der Waals surface area contributed by atoms with Crippen LogP contribution >= 0.6 is 0 Å². The van der Waals surface area contributed by atoms with E-state index in [2.05, 4.69) is 0 Å². The molecule has 2 aliphatic rings. The van der Waals surface area contributed by atoms with Crippen molar-refractivity contribution in [3.8, 4) is 0 Å². The Morgan fingerprint density at radius 1 is 1.29 bits per heavy atom. The van der Waals surface area contributed by atoms with E-state index in [9.17, 15) is 9.18 Å². The molecule has 0 radical (unpaired) electrons. The number of nitrogens with zero attached hydrogens (tertiary/aromatic N) is 1. The lowest BCUT2D eigenvalue weighted by Gasteiger charge is -2.34. The van der Waals surface area contributed by atoms with Crippen molar-refractivity contribution >= 4 is 6.09 Å². The second kappa shape index (κ2) is 4.46. The van der Waals surface area contributed by atoms with Gasteiger partial charge in [-0.25, -0.2) is 9.18 Å². The van der Waals surface area contributed by atoms with Gasteiger partial charge in [-0.05, 0) is 52.4 Å². The molecule has 1 saturated carbocycles. The maximum Gasteiger partial charge on any atom is 0.410 e. The van der Waals surface area contributed by atoms with Crippen molar-refractivity contribution in [2.24, 2.45) is 5.92 Å². The van der Waals surface area contributed by atoms with E-state index in [0.717, 1.165) is 19.4 Å². The number of fused-ring (bicyclic) bond motifs is 1. The Hall–Kier alpha value is -0.800. The van der Waals surface area contributed by atoms with Crippen LogP contribution in [-0.4, -0.2) is 35.4 Å². The van der Waals surface area contributed by atoms with E-state index in [0.29, 0.717) is 18.8 Å². The predicted octanol–water partition coefficient (Wildman–Crippen LogP) is 3.13. The van der Waals surface area contributed by atoms with Gasteiger partial charge in [0.25, 0.3) is 0 Å². The van der Waals surface area contributed by atoms with Crippen molar-refractivity contribution in [2.75, 3.05) is 6.54 Å². The lowest BCUT2D eigenvalue weighted by Crippen LogP contribution is -2.43. The smallest absolute Gasteiger partial charge is 0.410 e. The standard InChI is InChI=1S/C13H22FNO2/c1-13(2,3)17-12(16)15-7-6-9-8-10(14)4-5-11(9)15/h9-11H,4-8H2,1-3H3/t9?,10-,11+/m1/s1. The van der Waals surface area contributed by atoms with Gasteiger partial charge in [0, 0.05) is 12.6 Å². The Labute approximate surface area is 102 Å². The van der Waals surface area contributed by atoms with Crippen LogP contribution in [0, 0.1) is 5.92 Å². The van der Waals surface area contributed by atoms with Crippen molar-refractivity contribution in [3.05, 3.63) is 0 Å². The fourth-order valence-electron chi connectivity index (χ4n) is 2.93. The number of halogens is 1. The molecular weight excluding hydrogens is 221 g/mol. The Morgan fingerprint density at radius 2 is 2.00 bits per heavy atom. The van der Waals surface area contributed by atoms with Crippen LogP contribution in [0.1, 0.15) is 46.5 Å². The third-order valence-corrected chi connectivity index (χ3v) is 3.65. The van der Waals surface area contributed by atoms with E-state index < -0.39 is 11.8 Å². The summed E-state index contributed by atoms with van der Waals surface area (Å²) in [6, 6.07) is 0.205. The van der Waals surface area contributed by atoms with Gasteiger partial charge in [-0.15, -0.1) is 0 Å². The molecule has 2 rings (SSSR count). The van der Waals surface area contributed by atoms with Crippen LogP contribution in [0.4, 0.5) is 9.18 Å². The van der Waals surface area contributed by atoms with Crippen molar-refractivity contribution in [1.29, 1.82) is 0 Å². The van der Waals surface area contributed by atoms with Crippen LogP contribution in [0.15, 0.2) is 0 Å². The molecule has 1 unspecified atom stereocenters. The average Bonchev–Trinajstić information content (AvgIpc) is 2.57. The SMILES string of the molecule is CC(C)(C)OC(=O)N1CCC2C[C@H](F)CC[C@@H]21. The summed E-state index contributed by atoms with van der Waals surface area (Å²) in [5.41, 5.74) is -0.452. The molecule has 0 aromatic rings. The van der Waals surface area contributed by atoms with Gasteiger partial charge in [-0.3, -0.25) is 0 Å². The molecular formula is C13H22FNO2. The third-order valence-electron chi connectivity index (χ3n) is 3.65. The second-order valence-corrected chi connectivity index (χ2v) is 6.20. The fourth-order valence-corrected chi connectivity index (χ4v) is 2.93. The van der Waals surface area contributed by atoms with Crippen molar-refractivity contribution in [2.45, 2.75) is 64.3 Å². The number of carbonyl (C=O) groups is 1. The van der Waals surface area contributed by atoms with E-state index >= 15 is 0 Å². The van der Waals surface area contributed by atoms with Crippen LogP contribution in [0.5, 0.6) is 0 Å². The second-order valence-electron chi connectivity index (χ2n) is 6.20. The molecule has 0 aromatic heterocycles. The lowest BCUT2D eigenvalue weighted by molar-refractivity contribution is 0.0154. The van der Waals surface area contributed by atoms with Gasteiger partial charge < -0.3 is 9.64 Å². The van der Waals surface area contributed by atoms with Crippen molar-refractivity contribution < 1.29 is 13.9 Å². The highest BCUT2D eigenvalue weighted by Crippen LogP contribution is 2.37. The Bertz CT molecular complexity index is 300. The van der Waals surface area contributed by atoms with E-state index in [-0.39, 0.29) is 12.1 Å². The largest absolute Gasteiger partial charge is 0.444 e. The first-order valence-electron chi connectivity index (χ1n) is 6.50. The van der Waals surface area contributed by atoms with Crippen molar-refractivity contribution in [3.63, 3.8) is 0 Å². The Balaban J connectivity index is 1.97. The summed E-state index contributed by atoms with van der Waals surface area (Å²) in [4.78, 5) is 13.8. The van der Waals surface area contributed by atoms with Crippen LogP contribution in [0.2, 0.25) is 0 Å². The summed E-state index contributed by atoms with van der Waals surface area (Å²) in [6.07, 6.45) is 2.00. The third kappa shape index (κ3) is 2.90. The summed E-state index contributed by atoms with van der Waals surface area (Å²) in [5.74, 6) is 0.339. The topological polar surface area (TPSA) is 29.5 Å². The molecule has 1 amide bonds. The number of ether oxygens (including phenoxy) is 1. The van der Waals surface area contributed by atoms with E-state index in [1.165, 1.54) is 0 Å². The molecule has 2 fully saturated rings. The summed E-state index contributed by atoms with van der Waals surface area (Å²) in [5, 5.41) is 0. The normalized spacial score (nSPS) is 33.4. The number of likely N-dealkylation sites (tertiary alicyclic amines) is 1. The highest BCUT2D eigenvalue weighted by molar-refractivity contribution is 5.69. The quantitative estimate of drug-likeness (QED) is 0.654. The highest BCUT2D eigenvalue weighted by Gasteiger charge is 2.42. The van der Waals surface area contributed by atoms with E-state index in [1.807, 2.05) is 25.7 Å². The molecule has 0 N–H and O–H groups in total. The van der Waals surface area contributed by atoms with Gasteiger partial charge in [0.05, 0.1) is 0 Å². The summed E-state index contributed by atoms with van der Waals surface area (Å²) in [7, 11) is 0. The molecule has 98 valence electrons. The van der Waals surface area contributed by atoms with Gasteiger partial charge in [-0.2, -0.15) is 0 Å². The summed E-state index contributed by atoms with van der Waals surface area (Å²) >= 11 is 0. The molecule has 17 heavy (non-hydrogen) atoms. The number of amides is 1. The zero-order chi connectivity index (χ0) is 12.6. The molecule has 4 heteroatoms.